The van der Waals surface area contributed by atoms with Crippen molar-refractivity contribution >= 4 is 45.5 Å². The van der Waals surface area contributed by atoms with Crippen LogP contribution in [0.3, 0.4) is 0 Å². The molecule has 2 amide bonds. The van der Waals surface area contributed by atoms with Crippen molar-refractivity contribution in [2.75, 3.05) is 11.9 Å². The van der Waals surface area contributed by atoms with Gasteiger partial charge in [-0.3, -0.25) is 14.4 Å². The number of thiophene rings is 2. The molecule has 3 heterocycles. The molecule has 156 valence electrons. The zero-order valence-corrected chi connectivity index (χ0v) is 17.8. The lowest BCUT2D eigenvalue weighted by atomic mass is 10.1. The van der Waals surface area contributed by atoms with Crippen LogP contribution in [0, 0.1) is 6.92 Å². The number of oxazole rings is 1. The first-order chi connectivity index (χ1) is 14.4. The fourth-order valence-corrected chi connectivity index (χ4v) is 5.31. The fourth-order valence-electron chi connectivity index (χ4n) is 3.35. The Morgan fingerprint density at radius 2 is 2.17 bits per heavy atom. The third kappa shape index (κ3) is 4.14. The lowest BCUT2D eigenvalue weighted by molar-refractivity contribution is -0.146. The van der Waals surface area contributed by atoms with Crippen molar-refractivity contribution in [3.8, 4) is 10.8 Å². The topological polar surface area (TPSA) is 125 Å². The van der Waals surface area contributed by atoms with E-state index in [-0.39, 0.29) is 6.42 Å². The molecule has 0 radical (unpaired) electrons. The van der Waals surface area contributed by atoms with E-state index in [1.165, 1.54) is 22.7 Å². The zero-order valence-electron chi connectivity index (χ0n) is 16.1. The molecule has 0 saturated heterocycles. The molecule has 30 heavy (non-hydrogen) atoms. The molecule has 3 N–H and O–H groups in total. The Hall–Kier alpha value is -2.98. The number of primary amides is 1. The number of carbonyl (C=O) groups is 3. The number of aromatic nitrogens is 1. The standard InChI is InChI=1S/C20H19N3O5S2/c1-10-12(22-19(28-10)14-6-3-7-29-14)8-16(25)27-9-15(24)23-20-17(18(21)26)11-4-2-5-13(11)30-20/h3,6-7H,2,4-5,8-9H2,1H3,(H2,21,26)(H,23,24). The molecule has 1 aliphatic rings. The van der Waals surface area contributed by atoms with E-state index in [1.54, 1.807) is 6.92 Å². The number of nitrogens with zero attached hydrogens (tertiary/aromatic N) is 1. The van der Waals surface area contributed by atoms with Crippen LogP contribution >= 0.6 is 22.7 Å². The van der Waals surface area contributed by atoms with Crippen molar-refractivity contribution in [3.05, 3.63) is 45.0 Å². The fraction of sp³-hybridized carbons (Fsp3) is 0.300. The predicted molar refractivity (Wildman–Crippen MR) is 113 cm³/mol. The summed E-state index contributed by atoms with van der Waals surface area (Å²) >= 11 is 2.84. The smallest absolute Gasteiger partial charge is 0.312 e. The van der Waals surface area contributed by atoms with Gasteiger partial charge in [0.05, 0.1) is 22.6 Å². The van der Waals surface area contributed by atoms with E-state index < -0.39 is 24.4 Å². The molecule has 1 aliphatic carbocycles. The highest BCUT2D eigenvalue weighted by molar-refractivity contribution is 7.17. The lowest BCUT2D eigenvalue weighted by Crippen LogP contribution is -2.23. The Bertz CT molecular complexity index is 1110. The minimum atomic E-state index is -0.594. The Balaban J connectivity index is 1.34. The van der Waals surface area contributed by atoms with Gasteiger partial charge in [0.2, 0.25) is 5.89 Å². The van der Waals surface area contributed by atoms with Gasteiger partial charge in [-0.25, -0.2) is 4.98 Å². The van der Waals surface area contributed by atoms with E-state index >= 15 is 0 Å². The van der Waals surface area contributed by atoms with Gasteiger partial charge in [0, 0.05) is 4.88 Å². The second-order valence-electron chi connectivity index (χ2n) is 6.81. The minimum Gasteiger partial charge on any atom is -0.455 e. The van der Waals surface area contributed by atoms with E-state index in [0.717, 1.165) is 34.6 Å². The van der Waals surface area contributed by atoms with Gasteiger partial charge in [-0.1, -0.05) is 6.07 Å². The number of anilines is 1. The van der Waals surface area contributed by atoms with E-state index in [2.05, 4.69) is 10.3 Å². The van der Waals surface area contributed by atoms with E-state index in [1.807, 2.05) is 17.5 Å². The zero-order chi connectivity index (χ0) is 21.3. The SMILES string of the molecule is Cc1oc(-c2cccs2)nc1CC(=O)OCC(=O)Nc1sc2c(c1C(N)=O)CCC2. The molecule has 3 aromatic rings. The Kier molecular flexibility index (Phi) is 5.69. The van der Waals surface area contributed by atoms with E-state index in [4.69, 9.17) is 14.9 Å². The second kappa shape index (κ2) is 8.41. The summed E-state index contributed by atoms with van der Waals surface area (Å²) < 4.78 is 10.7. The number of carbonyl (C=O) groups excluding carboxylic acids is 3. The van der Waals surface area contributed by atoms with Crippen molar-refractivity contribution < 1.29 is 23.5 Å². The molecule has 4 rings (SSSR count). The Labute approximate surface area is 180 Å². The van der Waals surface area contributed by atoms with Crippen LogP contribution in [0.2, 0.25) is 0 Å². The summed E-state index contributed by atoms with van der Waals surface area (Å²) in [6, 6.07) is 3.77. The third-order valence-electron chi connectivity index (χ3n) is 4.72. The summed E-state index contributed by atoms with van der Waals surface area (Å²) in [5.74, 6) is -0.707. The number of nitrogens with one attached hydrogen (secondary N) is 1. The van der Waals surface area contributed by atoms with Crippen LogP contribution in [0.4, 0.5) is 5.00 Å². The Morgan fingerprint density at radius 1 is 1.33 bits per heavy atom. The van der Waals surface area contributed by atoms with Crippen molar-refractivity contribution in [1.82, 2.24) is 4.98 Å². The number of hydrogen-bond donors (Lipinski definition) is 2. The molecular weight excluding hydrogens is 426 g/mol. The molecule has 0 saturated carbocycles. The number of ether oxygens (including phenoxy) is 1. The van der Waals surface area contributed by atoms with Crippen molar-refractivity contribution in [3.63, 3.8) is 0 Å². The number of aryl methyl sites for hydroxylation is 2. The van der Waals surface area contributed by atoms with Gasteiger partial charge < -0.3 is 20.2 Å². The van der Waals surface area contributed by atoms with Gasteiger partial charge in [-0.15, -0.1) is 22.7 Å². The third-order valence-corrected chi connectivity index (χ3v) is 6.79. The van der Waals surface area contributed by atoms with Crippen molar-refractivity contribution in [2.24, 2.45) is 5.73 Å². The molecule has 0 aliphatic heterocycles. The molecule has 0 fully saturated rings. The molecule has 0 spiro atoms. The molecular formula is C20H19N3O5S2. The van der Waals surface area contributed by atoms with Gasteiger partial charge in [0.1, 0.15) is 10.8 Å². The summed E-state index contributed by atoms with van der Waals surface area (Å²) in [5, 5.41) is 4.97. The average molecular weight is 446 g/mol. The van der Waals surface area contributed by atoms with Crippen molar-refractivity contribution in [2.45, 2.75) is 32.6 Å². The van der Waals surface area contributed by atoms with Crippen LogP contribution in [-0.2, 0) is 33.6 Å². The molecule has 0 unspecified atom stereocenters. The first-order valence-corrected chi connectivity index (χ1v) is 11.0. The van der Waals surface area contributed by atoms with Crippen LogP contribution in [0.5, 0.6) is 0 Å². The van der Waals surface area contributed by atoms with Gasteiger partial charge in [0.15, 0.2) is 6.61 Å². The second-order valence-corrected chi connectivity index (χ2v) is 8.86. The first-order valence-electron chi connectivity index (χ1n) is 9.32. The lowest BCUT2D eigenvalue weighted by Gasteiger charge is -2.07. The minimum absolute atomic E-state index is 0.103. The molecule has 3 aromatic heterocycles. The largest absolute Gasteiger partial charge is 0.455 e. The summed E-state index contributed by atoms with van der Waals surface area (Å²) in [6.45, 7) is 1.26. The van der Waals surface area contributed by atoms with E-state index in [9.17, 15) is 14.4 Å². The first kappa shape index (κ1) is 20.3. The quantitative estimate of drug-likeness (QED) is 0.539. The van der Waals surface area contributed by atoms with Gasteiger partial charge in [0.25, 0.3) is 11.8 Å². The molecule has 8 nitrogen and oxygen atoms in total. The monoisotopic (exact) mass is 445 g/mol. The normalized spacial score (nSPS) is 12.6. The summed E-state index contributed by atoms with van der Waals surface area (Å²) in [6.07, 6.45) is 2.52. The van der Waals surface area contributed by atoms with Gasteiger partial charge in [-0.05, 0) is 43.2 Å². The maximum Gasteiger partial charge on any atom is 0.312 e. The summed E-state index contributed by atoms with van der Waals surface area (Å²) in [7, 11) is 0. The Morgan fingerprint density at radius 3 is 2.90 bits per heavy atom. The predicted octanol–water partition coefficient (Wildman–Crippen LogP) is 3.09. The van der Waals surface area contributed by atoms with Gasteiger partial charge >= 0.3 is 5.97 Å². The number of hydrogen-bond acceptors (Lipinski definition) is 8. The maximum absolute atomic E-state index is 12.2. The van der Waals surface area contributed by atoms with Gasteiger partial charge in [-0.2, -0.15) is 0 Å². The molecule has 0 atom stereocenters. The van der Waals surface area contributed by atoms with Crippen LogP contribution in [0.25, 0.3) is 10.8 Å². The maximum atomic E-state index is 12.2. The summed E-state index contributed by atoms with van der Waals surface area (Å²) in [4.78, 5) is 42.4. The number of fused-ring (bicyclic) bond motifs is 1. The molecule has 10 heteroatoms. The summed E-state index contributed by atoms with van der Waals surface area (Å²) in [5.41, 5.74) is 7.24. The number of amides is 2. The van der Waals surface area contributed by atoms with Crippen LogP contribution in [0.1, 0.15) is 38.7 Å². The number of esters is 1. The van der Waals surface area contributed by atoms with Crippen molar-refractivity contribution in [1.29, 1.82) is 0 Å². The highest BCUT2D eigenvalue weighted by Gasteiger charge is 2.26. The molecule has 0 bridgehead atoms. The number of nitrogens with two attached hydrogens (primary N) is 1. The van der Waals surface area contributed by atoms with Crippen LogP contribution < -0.4 is 11.1 Å². The van der Waals surface area contributed by atoms with E-state index in [0.29, 0.717) is 27.9 Å². The average Bonchev–Trinajstić information content (AvgIpc) is 3.44. The highest BCUT2D eigenvalue weighted by Crippen LogP contribution is 2.38. The number of rotatable bonds is 7. The van der Waals surface area contributed by atoms with Crippen LogP contribution in [-0.4, -0.2) is 29.4 Å². The molecule has 0 aromatic carbocycles. The van der Waals surface area contributed by atoms with Crippen LogP contribution in [0.15, 0.2) is 21.9 Å². The highest BCUT2D eigenvalue weighted by atomic mass is 32.1.